The Labute approximate surface area is 142 Å². The Hall–Kier alpha value is -2.37. The van der Waals surface area contributed by atoms with Crippen LogP contribution in [0.3, 0.4) is 0 Å². The third-order valence-corrected chi connectivity index (χ3v) is 4.54. The predicted molar refractivity (Wildman–Crippen MR) is 93.8 cm³/mol. The molecule has 1 atom stereocenters. The SMILES string of the molecule is CN(C)c1ncccc1O[C@@H]1CCN(c2ccnc(C3CC3)n2)C1. The fourth-order valence-corrected chi connectivity index (χ4v) is 3.10. The van der Waals surface area contributed by atoms with Crippen LogP contribution in [0.15, 0.2) is 30.6 Å². The zero-order chi connectivity index (χ0) is 16.5. The number of ether oxygens (including phenoxy) is 1. The summed E-state index contributed by atoms with van der Waals surface area (Å²) in [4.78, 5) is 17.8. The number of aromatic nitrogens is 3. The van der Waals surface area contributed by atoms with E-state index >= 15 is 0 Å². The third kappa shape index (κ3) is 3.13. The molecule has 0 bridgehead atoms. The highest BCUT2D eigenvalue weighted by Crippen LogP contribution is 2.38. The number of pyridine rings is 1. The summed E-state index contributed by atoms with van der Waals surface area (Å²) in [6, 6.07) is 5.91. The number of nitrogens with zero attached hydrogens (tertiary/aromatic N) is 5. The fourth-order valence-electron chi connectivity index (χ4n) is 3.10. The van der Waals surface area contributed by atoms with Gasteiger partial charge < -0.3 is 14.5 Å². The van der Waals surface area contributed by atoms with E-state index in [1.54, 1.807) is 6.20 Å². The van der Waals surface area contributed by atoms with Crippen LogP contribution in [0.4, 0.5) is 11.6 Å². The first-order valence-corrected chi connectivity index (χ1v) is 8.57. The van der Waals surface area contributed by atoms with Crippen molar-refractivity contribution in [1.29, 1.82) is 0 Å². The van der Waals surface area contributed by atoms with Crippen molar-refractivity contribution in [3.8, 4) is 5.75 Å². The van der Waals surface area contributed by atoms with Crippen molar-refractivity contribution >= 4 is 11.6 Å². The van der Waals surface area contributed by atoms with Crippen LogP contribution in [0, 0.1) is 0 Å². The number of anilines is 2. The smallest absolute Gasteiger partial charge is 0.170 e. The normalized spacial score (nSPS) is 20.2. The highest BCUT2D eigenvalue weighted by atomic mass is 16.5. The molecule has 1 saturated heterocycles. The molecule has 4 rings (SSSR count). The summed E-state index contributed by atoms with van der Waals surface area (Å²) < 4.78 is 6.22. The Balaban J connectivity index is 1.44. The van der Waals surface area contributed by atoms with Gasteiger partial charge >= 0.3 is 0 Å². The molecule has 2 aliphatic rings. The summed E-state index contributed by atoms with van der Waals surface area (Å²) in [5, 5.41) is 0. The van der Waals surface area contributed by atoms with E-state index in [1.807, 2.05) is 43.4 Å². The first-order chi connectivity index (χ1) is 11.7. The van der Waals surface area contributed by atoms with E-state index in [0.717, 1.165) is 42.7 Å². The summed E-state index contributed by atoms with van der Waals surface area (Å²) >= 11 is 0. The lowest BCUT2D eigenvalue weighted by atomic mass is 10.3. The third-order valence-electron chi connectivity index (χ3n) is 4.54. The van der Waals surface area contributed by atoms with E-state index in [0.29, 0.717) is 5.92 Å². The van der Waals surface area contributed by atoms with E-state index in [1.165, 1.54) is 12.8 Å². The first kappa shape index (κ1) is 15.2. The highest BCUT2D eigenvalue weighted by Gasteiger charge is 2.29. The second-order valence-corrected chi connectivity index (χ2v) is 6.74. The lowest BCUT2D eigenvalue weighted by molar-refractivity contribution is 0.225. The van der Waals surface area contributed by atoms with Gasteiger partial charge in [0.25, 0.3) is 0 Å². The molecule has 0 radical (unpaired) electrons. The monoisotopic (exact) mass is 325 g/mol. The molecule has 6 heteroatoms. The Morgan fingerprint density at radius 3 is 2.79 bits per heavy atom. The molecule has 0 N–H and O–H groups in total. The van der Waals surface area contributed by atoms with Crippen molar-refractivity contribution in [2.24, 2.45) is 0 Å². The van der Waals surface area contributed by atoms with Gasteiger partial charge in [0.05, 0.1) is 6.54 Å². The lowest BCUT2D eigenvalue weighted by Gasteiger charge is -2.21. The van der Waals surface area contributed by atoms with Gasteiger partial charge in [-0.15, -0.1) is 0 Å². The molecular weight excluding hydrogens is 302 g/mol. The molecule has 126 valence electrons. The summed E-state index contributed by atoms with van der Waals surface area (Å²) in [5.74, 6) is 4.32. The Morgan fingerprint density at radius 1 is 1.12 bits per heavy atom. The van der Waals surface area contributed by atoms with Crippen molar-refractivity contribution in [3.05, 3.63) is 36.4 Å². The van der Waals surface area contributed by atoms with E-state index in [-0.39, 0.29) is 6.10 Å². The first-order valence-electron chi connectivity index (χ1n) is 8.57. The predicted octanol–water partition coefficient (Wildman–Crippen LogP) is 2.47. The van der Waals surface area contributed by atoms with Crippen molar-refractivity contribution < 1.29 is 4.74 Å². The van der Waals surface area contributed by atoms with Crippen LogP contribution in [0.1, 0.15) is 31.0 Å². The van der Waals surface area contributed by atoms with Gasteiger partial charge in [0.15, 0.2) is 11.6 Å². The van der Waals surface area contributed by atoms with Gasteiger partial charge in [0.2, 0.25) is 0 Å². The van der Waals surface area contributed by atoms with Crippen LogP contribution in [0.2, 0.25) is 0 Å². The van der Waals surface area contributed by atoms with Gasteiger partial charge in [0, 0.05) is 45.4 Å². The minimum Gasteiger partial charge on any atom is -0.485 e. The maximum Gasteiger partial charge on any atom is 0.170 e. The molecule has 0 aromatic carbocycles. The summed E-state index contributed by atoms with van der Waals surface area (Å²) in [6.45, 7) is 1.81. The van der Waals surface area contributed by atoms with Crippen LogP contribution in [0.5, 0.6) is 5.75 Å². The Bertz CT molecular complexity index is 716. The molecule has 1 saturated carbocycles. The molecule has 2 aromatic rings. The van der Waals surface area contributed by atoms with Crippen LogP contribution >= 0.6 is 0 Å². The second-order valence-electron chi connectivity index (χ2n) is 6.74. The molecule has 2 aromatic heterocycles. The minimum atomic E-state index is 0.159. The summed E-state index contributed by atoms with van der Waals surface area (Å²) in [5.41, 5.74) is 0. The van der Waals surface area contributed by atoms with E-state index in [9.17, 15) is 0 Å². The number of hydrogen-bond acceptors (Lipinski definition) is 6. The average Bonchev–Trinajstić information content (AvgIpc) is 3.35. The van der Waals surface area contributed by atoms with Gasteiger partial charge in [-0.3, -0.25) is 0 Å². The van der Waals surface area contributed by atoms with Crippen LogP contribution in [-0.4, -0.2) is 48.2 Å². The van der Waals surface area contributed by atoms with Crippen molar-refractivity contribution in [2.45, 2.75) is 31.3 Å². The van der Waals surface area contributed by atoms with Crippen molar-refractivity contribution in [3.63, 3.8) is 0 Å². The Kier molecular flexibility index (Phi) is 3.96. The largest absolute Gasteiger partial charge is 0.485 e. The topological polar surface area (TPSA) is 54.4 Å². The van der Waals surface area contributed by atoms with Crippen LogP contribution < -0.4 is 14.5 Å². The highest BCUT2D eigenvalue weighted by molar-refractivity contribution is 5.51. The number of hydrogen-bond donors (Lipinski definition) is 0. The zero-order valence-electron chi connectivity index (χ0n) is 14.2. The maximum absolute atomic E-state index is 6.22. The second kappa shape index (κ2) is 6.26. The van der Waals surface area contributed by atoms with Gasteiger partial charge in [-0.05, 0) is 31.0 Å². The molecular formula is C18H23N5O. The maximum atomic E-state index is 6.22. The quantitative estimate of drug-likeness (QED) is 0.842. The molecule has 24 heavy (non-hydrogen) atoms. The zero-order valence-corrected chi connectivity index (χ0v) is 14.2. The van der Waals surface area contributed by atoms with Crippen LogP contribution in [0.25, 0.3) is 0 Å². The molecule has 0 spiro atoms. The molecule has 1 aliphatic carbocycles. The molecule has 3 heterocycles. The van der Waals surface area contributed by atoms with Crippen molar-refractivity contribution in [1.82, 2.24) is 15.0 Å². The van der Waals surface area contributed by atoms with E-state index in [2.05, 4.69) is 14.9 Å². The van der Waals surface area contributed by atoms with Gasteiger partial charge in [-0.25, -0.2) is 15.0 Å². The fraction of sp³-hybridized carbons (Fsp3) is 0.500. The molecule has 1 aliphatic heterocycles. The van der Waals surface area contributed by atoms with E-state index < -0.39 is 0 Å². The standard InChI is InChI=1S/C18H23N5O/c1-22(2)18-15(4-3-9-20-18)24-14-8-11-23(12-14)16-7-10-19-17(21-16)13-5-6-13/h3-4,7,9-10,13-14H,5-6,8,11-12H2,1-2H3/t14-/m1/s1. The van der Waals surface area contributed by atoms with Gasteiger partial charge in [-0.1, -0.05) is 0 Å². The van der Waals surface area contributed by atoms with Crippen molar-refractivity contribution in [2.75, 3.05) is 37.0 Å². The lowest BCUT2D eigenvalue weighted by Crippen LogP contribution is -2.26. The molecule has 2 fully saturated rings. The summed E-state index contributed by atoms with van der Waals surface area (Å²) in [7, 11) is 3.97. The molecule has 6 nitrogen and oxygen atoms in total. The number of rotatable bonds is 5. The minimum absolute atomic E-state index is 0.159. The Morgan fingerprint density at radius 2 is 2.00 bits per heavy atom. The molecule has 0 amide bonds. The summed E-state index contributed by atoms with van der Waals surface area (Å²) in [6.07, 6.45) is 7.28. The molecule has 0 unspecified atom stereocenters. The van der Waals surface area contributed by atoms with Gasteiger partial charge in [-0.2, -0.15) is 0 Å². The van der Waals surface area contributed by atoms with E-state index in [4.69, 9.17) is 9.72 Å². The average molecular weight is 325 g/mol. The van der Waals surface area contributed by atoms with Gasteiger partial charge in [0.1, 0.15) is 17.7 Å². The van der Waals surface area contributed by atoms with Crippen LogP contribution in [-0.2, 0) is 0 Å².